The van der Waals surface area contributed by atoms with Crippen LogP contribution in [0.4, 0.5) is 0 Å². The van der Waals surface area contributed by atoms with Crippen LogP contribution in [0.2, 0.25) is 0 Å². The van der Waals surface area contributed by atoms with Crippen molar-refractivity contribution in [3.63, 3.8) is 0 Å². The zero-order valence-electron chi connectivity index (χ0n) is 13.2. The molecule has 0 aromatic rings. The highest BCUT2D eigenvalue weighted by molar-refractivity contribution is 4.80. The standard InChI is InChI=1S/C16H33N3O/c1-18-11-12-20-16(13-18)14-19(10-6-9-17)15-7-4-2-3-5-8-15/h15-16H,2-14,17H2,1H3. The maximum absolute atomic E-state index is 5.97. The number of rotatable bonds is 6. The van der Waals surface area contributed by atoms with Crippen molar-refractivity contribution in [2.45, 2.75) is 57.1 Å². The molecule has 1 heterocycles. The Bertz CT molecular complexity index is 254. The van der Waals surface area contributed by atoms with Crippen molar-refractivity contribution in [2.24, 2.45) is 5.73 Å². The summed E-state index contributed by atoms with van der Waals surface area (Å²) in [6.45, 7) is 6.07. The van der Waals surface area contributed by atoms with E-state index in [9.17, 15) is 0 Å². The fourth-order valence-electron chi connectivity index (χ4n) is 3.58. The molecule has 0 aromatic heterocycles. The second-order valence-corrected chi connectivity index (χ2v) is 6.54. The molecule has 2 fully saturated rings. The number of hydrogen-bond acceptors (Lipinski definition) is 4. The molecule has 1 unspecified atom stereocenters. The maximum Gasteiger partial charge on any atom is 0.0829 e. The van der Waals surface area contributed by atoms with Gasteiger partial charge in [-0.2, -0.15) is 0 Å². The van der Waals surface area contributed by atoms with Gasteiger partial charge >= 0.3 is 0 Å². The molecule has 2 aliphatic rings. The first-order valence-corrected chi connectivity index (χ1v) is 8.54. The van der Waals surface area contributed by atoms with Crippen molar-refractivity contribution in [1.29, 1.82) is 0 Å². The molecule has 0 aromatic carbocycles. The molecule has 1 aliphatic heterocycles. The number of nitrogens with two attached hydrogens (primary N) is 1. The smallest absolute Gasteiger partial charge is 0.0829 e. The second-order valence-electron chi connectivity index (χ2n) is 6.54. The van der Waals surface area contributed by atoms with E-state index in [2.05, 4.69) is 16.8 Å². The Balaban J connectivity index is 1.87. The Labute approximate surface area is 124 Å². The van der Waals surface area contributed by atoms with Gasteiger partial charge in [0.25, 0.3) is 0 Å². The predicted octanol–water partition coefficient (Wildman–Crippen LogP) is 1.69. The monoisotopic (exact) mass is 283 g/mol. The van der Waals surface area contributed by atoms with Gasteiger partial charge in [-0.25, -0.2) is 0 Å². The number of morpholine rings is 1. The fraction of sp³-hybridized carbons (Fsp3) is 1.00. The largest absolute Gasteiger partial charge is 0.374 e. The van der Waals surface area contributed by atoms with Gasteiger partial charge in [0, 0.05) is 25.7 Å². The number of nitrogens with zero attached hydrogens (tertiary/aromatic N) is 2. The first-order valence-electron chi connectivity index (χ1n) is 8.54. The summed E-state index contributed by atoms with van der Waals surface area (Å²) in [6, 6.07) is 0.764. The van der Waals surface area contributed by atoms with E-state index in [1.807, 2.05) is 0 Å². The van der Waals surface area contributed by atoms with Crippen LogP contribution in [0.3, 0.4) is 0 Å². The lowest BCUT2D eigenvalue weighted by Gasteiger charge is -2.37. The highest BCUT2D eigenvalue weighted by atomic mass is 16.5. The molecular weight excluding hydrogens is 250 g/mol. The molecule has 4 nitrogen and oxygen atoms in total. The van der Waals surface area contributed by atoms with Gasteiger partial charge in [-0.15, -0.1) is 0 Å². The summed E-state index contributed by atoms with van der Waals surface area (Å²) in [7, 11) is 2.20. The van der Waals surface area contributed by atoms with E-state index in [1.54, 1.807) is 0 Å². The van der Waals surface area contributed by atoms with Gasteiger partial charge in [0.2, 0.25) is 0 Å². The molecule has 20 heavy (non-hydrogen) atoms. The first kappa shape index (κ1) is 16.2. The molecule has 0 spiro atoms. The van der Waals surface area contributed by atoms with Crippen LogP contribution in [-0.2, 0) is 4.74 Å². The van der Waals surface area contributed by atoms with Gasteiger partial charge < -0.3 is 15.4 Å². The lowest BCUT2D eigenvalue weighted by molar-refractivity contribution is -0.0424. The van der Waals surface area contributed by atoms with Crippen molar-refractivity contribution < 1.29 is 4.74 Å². The van der Waals surface area contributed by atoms with Crippen LogP contribution in [-0.4, -0.2) is 68.3 Å². The molecular formula is C16H33N3O. The van der Waals surface area contributed by atoms with Crippen LogP contribution in [0.1, 0.15) is 44.9 Å². The Morgan fingerprint density at radius 3 is 2.60 bits per heavy atom. The predicted molar refractivity (Wildman–Crippen MR) is 84.0 cm³/mol. The van der Waals surface area contributed by atoms with Crippen molar-refractivity contribution >= 4 is 0 Å². The first-order chi connectivity index (χ1) is 9.79. The van der Waals surface area contributed by atoms with E-state index in [0.29, 0.717) is 6.10 Å². The Morgan fingerprint density at radius 1 is 1.20 bits per heavy atom. The minimum absolute atomic E-state index is 0.384. The molecule has 0 bridgehead atoms. The average molecular weight is 283 g/mol. The minimum atomic E-state index is 0.384. The maximum atomic E-state index is 5.97. The third kappa shape index (κ3) is 5.32. The number of ether oxygens (including phenoxy) is 1. The van der Waals surface area contributed by atoms with Crippen LogP contribution in [0.5, 0.6) is 0 Å². The zero-order chi connectivity index (χ0) is 14.2. The van der Waals surface area contributed by atoms with E-state index in [4.69, 9.17) is 10.5 Å². The molecule has 0 amide bonds. The topological polar surface area (TPSA) is 41.7 Å². The summed E-state index contributed by atoms with van der Waals surface area (Å²) in [4.78, 5) is 5.07. The molecule has 1 saturated carbocycles. The fourth-order valence-corrected chi connectivity index (χ4v) is 3.58. The van der Waals surface area contributed by atoms with Crippen LogP contribution < -0.4 is 5.73 Å². The second kappa shape index (κ2) is 8.98. The van der Waals surface area contributed by atoms with Gasteiger partial charge in [0.15, 0.2) is 0 Å². The van der Waals surface area contributed by atoms with Crippen molar-refractivity contribution in [3.05, 3.63) is 0 Å². The summed E-state index contributed by atoms with van der Waals surface area (Å²) < 4.78 is 5.97. The van der Waals surface area contributed by atoms with Crippen LogP contribution in [0.25, 0.3) is 0 Å². The van der Waals surface area contributed by atoms with E-state index in [0.717, 1.165) is 51.8 Å². The van der Waals surface area contributed by atoms with Gasteiger partial charge in [0.05, 0.1) is 12.7 Å². The summed E-state index contributed by atoms with van der Waals surface area (Å²) in [5, 5.41) is 0. The molecule has 4 heteroatoms. The molecule has 2 rings (SSSR count). The Kier molecular flexibility index (Phi) is 7.28. The minimum Gasteiger partial charge on any atom is -0.374 e. The van der Waals surface area contributed by atoms with E-state index in [1.165, 1.54) is 38.5 Å². The lowest BCUT2D eigenvalue weighted by Crippen LogP contribution is -2.49. The summed E-state index contributed by atoms with van der Waals surface area (Å²) in [5.74, 6) is 0. The van der Waals surface area contributed by atoms with Gasteiger partial charge in [0.1, 0.15) is 0 Å². The Morgan fingerprint density at radius 2 is 1.95 bits per heavy atom. The SMILES string of the molecule is CN1CCOC(CN(CCCN)C2CCCCCC2)C1. The van der Waals surface area contributed by atoms with E-state index >= 15 is 0 Å². The van der Waals surface area contributed by atoms with Crippen molar-refractivity contribution in [3.8, 4) is 0 Å². The van der Waals surface area contributed by atoms with Crippen LogP contribution >= 0.6 is 0 Å². The lowest BCUT2D eigenvalue weighted by atomic mass is 10.1. The quantitative estimate of drug-likeness (QED) is 0.753. The van der Waals surface area contributed by atoms with Gasteiger partial charge in [-0.3, -0.25) is 4.90 Å². The molecule has 2 N–H and O–H groups in total. The third-order valence-electron chi connectivity index (χ3n) is 4.77. The normalized spacial score (nSPS) is 26.9. The van der Waals surface area contributed by atoms with Gasteiger partial charge in [-0.1, -0.05) is 25.7 Å². The van der Waals surface area contributed by atoms with Crippen LogP contribution in [0, 0.1) is 0 Å². The summed E-state index contributed by atoms with van der Waals surface area (Å²) in [5.41, 5.74) is 5.73. The molecule has 1 atom stereocenters. The molecule has 118 valence electrons. The van der Waals surface area contributed by atoms with E-state index < -0.39 is 0 Å². The van der Waals surface area contributed by atoms with E-state index in [-0.39, 0.29) is 0 Å². The summed E-state index contributed by atoms with van der Waals surface area (Å²) >= 11 is 0. The third-order valence-corrected chi connectivity index (χ3v) is 4.77. The summed E-state index contributed by atoms with van der Waals surface area (Å²) in [6.07, 6.45) is 9.87. The van der Waals surface area contributed by atoms with Crippen molar-refractivity contribution in [1.82, 2.24) is 9.80 Å². The highest BCUT2D eigenvalue weighted by Gasteiger charge is 2.25. The molecule has 0 radical (unpaired) electrons. The molecule has 1 saturated heterocycles. The number of hydrogen-bond donors (Lipinski definition) is 1. The zero-order valence-corrected chi connectivity index (χ0v) is 13.2. The highest BCUT2D eigenvalue weighted by Crippen LogP contribution is 2.23. The molecule has 1 aliphatic carbocycles. The Hall–Kier alpha value is -0.160. The average Bonchev–Trinajstić information content (AvgIpc) is 2.72. The van der Waals surface area contributed by atoms with Crippen LogP contribution in [0.15, 0.2) is 0 Å². The van der Waals surface area contributed by atoms with Crippen molar-refractivity contribution in [2.75, 3.05) is 46.4 Å². The van der Waals surface area contributed by atoms with Gasteiger partial charge in [-0.05, 0) is 39.4 Å². The number of likely N-dealkylation sites (N-methyl/N-ethyl adjacent to an activating group) is 1.